The second-order valence-corrected chi connectivity index (χ2v) is 6.79. The minimum absolute atomic E-state index is 0.0212. The van der Waals surface area contributed by atoms with Crippen molar-refractivity contribution in [1.82, 2.24) is 4.57 Å². The molecule has 31 heavy (non-hydrogen) atoms. The van der Waals surface area contributed by atoms with E-state index in [0.717, 1.165) is 0 Å². The molecule has 0 saturated carbocycles. The molecule has 1 aromatic heterocycles. The summed E-state index contributed by atoms with van der Waals surface area (Å²) in [5.74, 6) is -2.76. The van der Waals surface area contributed by atoms with Crippen LogP contribution < -0.4 is 11.3 Å². The fourth-order valence-corrected chi connectivity index (χ4v) is 2.99. The number of azo groups is 1. The molecule has 0 atom stereocenters. The summed E-state index contributed by atoms with van der Waals surface area (Å²) in [6, 6.07) is 5.64. The van der Waals surface area contributed by atoms with E-state index in [1.165, 1.54) is 24.3 Å². The van der Waals surface area contributed by atoms with Gasteiger partial charge in [0.15, 0.2) is 5.69 Å². The van der Waals surface area contributed by atoms with Crippen molar-refractivity contribution in [3.05, 3.63) is 45.7 Å². The monoisotopic (exact) mass is 462 g/mol. The highest BCUT2D eigenvalue weighted by atomic mass is 32.2. The molecule has 0 aliphatic heterocycles. The second-order valence-electron chi connectivity index (χ2n) is 6.02. The first-order valence-electron chi connectivity index (χ1n) is 8.65. The van der Waals surface area contributed by atoms with Gasteiger partial charge in [-0.15, -0.1) is 9.45 Å². The predicted octanol–water partition coefficient (Wildman–Crippen LogP) is 4.32. The van der Waals surface area contributed by atoms with Crippen LogP contribution in [0.1, 0.15) is 35.7 Å². The predicted molar refractivity (Wildman–Crippen MR) is 102 cm³/mol. The van der Waals surface area contributed by atoms with Gasteiger partial charge in [-0.2, -0.15) is 18.3 Å². The Hall–Kier alpha value is -2.94. The zero-order valence-corrected chi connectivity index (χ0v) is 16.7. The Morgan fingerprint density at radius 3 is 2.61 bits per heavy atom. The number of hydrogen-bond donors (Lipinski definition) is 3. The Morgan fingerprint density at radius 2 is 2.03 bits per heavy atom. The van der Waals surface area contributed by atoms with Crippen molar-refractivity contribution in [2.45, 2.75) is 37.4 Å². The Bertz CT molecular complexity index is 1040. The lowest BCUT2D eigenvalue weighted by molar-refractivity contribution is -0.432. The van der Waals surface area contributed by atoms with Gasteiger partial charge in [0, 0.05) is 11.4 Å². The molecule has 1 aromatic carbocycles. The molecule has 1 amide bonds. The molecule has 2 aromatic rings. The molecule has 0 fully saturated rings. The summed E-state index contributed by atoms with van der Waals surface area (Å²) in [6.45, 7) is 1.60. The maximum absolute atomic E-state index is 13.7. The molecule has 0 aliphatic carbocycles. The van der Waals surface area contributed by atoms with Crippen LogP contribution in [-0.2, 0) is 22.1 Å². The molecule has 0 aliphatic rings. The van der Waals surface area contributed by atoms with Crippen molar-refractivity contribution in [3.63, 3.8) is 0 Å². The van der Waals surface area contributed by atoms with Gasteiger partial charge >= 0.3 is 6.18 Å². The number of aromatic nitrogens is 1. The fraction of sp³-hybridized carbons (Fsp3) is 0.294. The van der Waals surface area contributed by atoms with E-state index < -0.39 is 40.3 Å². The van der Waals surface area contributed by atoms with Gasteiger partial charge in [-0.25, -0.2) is 5.26 Å². The van der Waals surface area contributed by atoms with Crippen LogP contribution in [0, 0.1) is 0 Å². The maximum atomic E-state index is 13.7. The number of hydrogen-bond acceptors (Lipinski definition) is 9. The number of halogens is 3. The van der Waals surface area contributed by atoms with Gasteiger partial charge in [-0.05, 0) is 24.6 Å². The number of amides is 1. The second kappa shape index (κ2) is 10.4. The van der Waals surface area contributed by atoms with E-state index in [4.69, 9.17) is 11.0 Å². The lowest BCUT2D eigenvalue weighted by Crippen LogP contribution is -2.29. The molecule has 14 heteroatoms. The number of pyridine rings is 1. The molecule has 168 valence electrons. The highest BCUT2D eigenvalue weighted by Gasteiger charge is 2.42. The number of unbranched alkanes of at least 4 members (excludes halogenated alkanes) is 1. The smallest absolute Gasteiger partial charge is 0.419 e. The van der Waals surface area contributed by atoms with Crippen LogP contribution in [0.15, 0.2) is 44.2 Å². The number of rotatable bonds is 9. The van der Waals surface area contributed by atoms with Crippen LogP contribution in [0.25, 0.3) is 0 Å². The number of aromatic hydroxyl groups is 1. The van der Waals surface area contributed by atoms with E-state index in [-0.39, 0.29) is 12.2 Å². The highest BCUT2D eigenvalue weighted by Crippen LogP contribution is 2.40. The molecule has 2 rings (SSSR count). The van der Waals surface area contributed by atoms with Crippen molar-refractivity contribution in [3.8, 4) is 5.88 Å². The van der Waals surface area contributed by atoms with Gasteiger partial charge < -0.3 is 10.8 Å². The zero-order valence-electron chi connectivity index (χ0n) is 15.9. The van der Waals surface area contributed by atoms with Crippen molar-refractivity contribution in [2.75, 3.05) is 0 Å². The molecule has 0 spiro atoms. The minimum Gasteiger partial charge on any atom is -0.494 e. The van der Waals surface area contributed by atoms with Crippen molar-refractivity contribution >= 4 is 29.3 Å². The Morgan fingerprint density at radius 1 is 1.32 bits per heavy atom. The van der Waals surface area contributed by atoms with Gasteiger partial charge in [0.2, 0.25) is 5.88 Å². The van der Waals surface area contributed by atoms with Crippen LogP contribution in [0.2, 0.25) is 0 Å². The van der Waals surface area contributed by atoms with Crippen molar-refractivity contribution in [1.29, 1.82) is 0 Å². The first-order valence-corrected chi connectivity index (χ1v) is 9.39. The van der Waals surface area contributed by atoms with Crippen LogP contribution >= 0.6 is 12.0 Å². The Balaban J connectivity index is 2.70. The molecule has 0 unspecified atom stereocenters. The molecule has 10 nitrogen and oxygen atoms in total. The van der Waals surface area contributed by atoms with E-state index in [0.29, 0.717) is 34.3 Å². The Labute approximate surface area is 177 Å². The van der Waals surface area contributed by atoms with Crippen molar-refractivity contribution < 1.29 is 37.7 Å². The molecular weight excluding hydrogens is 445 g/mol. The Kier molecular flexibility index (Phi) is 8.15. The first-order chi connectivity index (χ1) is 14.6. The summed E-state index contributed by atoms with van der Waals surface area (Å²) in [4.78, 5) is 24.8. The van der Waals surface area contributed by atoms with E-state index in [1.54, 1.807) is 6.92 Å². The van der Waals surface area contributed by atoms with Crippen LogP contribution in [0.4, 0.5) is 24.5 Å². The summed E-state index contributed by atoms with van der Waals surface area (Å²) in [7, 11) is 0. The van der Waals surface area contributed by atoms with E-state index >= 15 is 0 Å². The number of nitrogens with two attached hydrogens (primary N) is 1. The van der Waals surface area contributed by atoms with Gasteiger partial charge in [0.1, 0.15) is 11.1 Å². The van der Waals surface area contributed by atoms with Crippen LogP contribution in [0.3, 0.4) is 0 Å². The van der Waals surface area contributed by atoms with Gasteiger partial charge in [-0.1, -0.05) is 24.4 Å². The third kappa shape index (κ3) is 5.81. The number of carbonyl (C=O) groups excluding carboxylic acids is 1. The van der Waals surface area contributed by atoms with Gasteiger partial charge in [0.25, 0.3) is 11.5 Å². The number of primary amides is 1. The standard InChI is InChI=1S/C17H17F3N4O6S/c1-2-3-7-24-15(26)11(14(21)25)12(17(18,19)20)13(16(24)27)23-22-9-5-4-6-10(8-9)31-30-29-28/h4-6,8,26,28H,2-3,7H2,1H3,(H2,21,25). The largest absolute Gasteiger partial charge is 0.494 e. The lowest BCUT2D eigenvalue weighted by Gasteiger charge is -2.18. The lowest BCUT2D eigenvalue weighted by atomic mass is 10.1. The van der Waals surface area contributed by atoms with Crippen molar-refractivity contribution in [2.24, 2.45) is 16.0 Å². The average Bonchev–Trinajstić information content (AvgIpc) is 2.70. The molecule has 0 saturated heterocycles. The molecular formula is C17H17F3N4O6S. The van der Waals surface area contributed by atoms with Crippen LogP contribution in [0.5, 0.6) is 5.88 Å². The molecule has 4 N–H and O–H groups in total. The summed E-state index contributed by atoms with van der Waals surface area (Å²) in [5, 5.41) is 28.9. The summed E-state index contributed by atoms with van der Waals surface area (Å²) >= 11 is 0.573. The first kappa shape index (κ1) is 24.3. The minimum atomic E-state index is -5.23. The zero-order chi connectivity index (χ0) is 23.2. The van der Waals surface area contributed by atoms with E-state index in [9.17, 15) is 27.9 Å². The number of nitrogens with zero attached hydrogens (tertiary/aromatic N) is 3. The topological polar surface area (TPSA) is 149 Å². The fourth-order valence-electron chi connectivity index (χ4n) is 2.58. The number of alkyl halides is 3. The third-order valence-electron chi connectivity index (χ3n) is 3.92. The number of carbonyl (C=O) groups is 1. The van der Waals surface area contributed by atoms with Gasteiger partial charge in [0.05, 0.1) is 17.7 Å². The summed E-state index contributed by atoms with van der Waals surface area (Å²) in [6.07, 6.45) is -4.34. The van der Waals surface area contributed by atoms with E-state index in [1.807, 2.05) is 0 Å². The third-order valence-corrected chi connectivity index (χ3v) is 4.50. The van der Waals surface area contributed by atoms with Crippen LogP contribution in [-0.4, -0.2) is 20.8 Å². The molecule has 0 bridgehead atoms. The quantitative estimate of drug-likeness (QED) is 0.217. The number of benzene rings is 1. The summed E-state index contributed by atoms with van der Waals surface area (Å²) < 4.78 is 46.0. The van der Waals surface area contributed by atoms with E-state index in [2.05, 4.69) is 19.6 Å². The van der Waals surface area contributed by atoms with Gasteiger partial charge in [-0.3, -0.25) is 14.2 Å². The normalized spacial score (nSPS) is 11.9. The molecule has 1 heterocycles. The summed E-state index contributed by atoms with van der Waals surface area (Å²) in [5.41, 5.74) is -0.431. The average molecular weight is 462 g/mol. The highest BCUT2D eigenvalue weighted by molar-refractivity contribution is 7.94. The maximum Gasteiger partial charge on any atom is 0.419 e. The molecule has 0 radical (unpaired) electrons. The SMILES string of the molecule is CCCCn1c(O)c(C(N)=O)c(C(F)(F)F)c(N=Nc2cccc(SOOO)c2)c1=O.